The molecule has 2 atom stereocenters. The van der Waals surface area contributed by atoms with Crippen LogP contribution in [0.5, 0.6) is 0 Å². The minimum absolute atomic E-state index is 0.0991. The number of hydrogen-bond acceptors (Lipinski definition) is 2. The zero-order chi connectivity index (χ0) is 29.9. The van der Waals surface area contributed by atoms with E-state index in [1.54, 1.807) is 0 Å². The number of rotatable bonds is 0. The van der Waals surface area contributed by atoms with E-state index in [2.05, 4.69) is 168 Å². The highest BCUT2D eigenvalue weighted by atomic mass is 15.2. The quantitative estimate of drug-likeness (QED) is 0.175. The molecule has 2 unspecified atom stereocenters. The van der Waals surface area contributed by atoms with Crippen molar-refractivity contribution < 1.29 is 0 Å². The maximum absolute atomic E-state index is 2.61. The van der Waals surface area contributed by atoms with Crippen molar-refractivity contribution in [2.75, 3.05) is 9.80 Å². The van der Waals surface area contributed by atoms with Gasteiger partial charge >= 0.3 is 0 Å². The zero-order valence-electron chi connectivity index (χ0n) is 25.1. The van der Waals surface area contributed by atoms with Crippen molar-refractivity contribution in [3.05, 3.63) is 180 Å². The molecule has 4 heterocycles. The SMILES string of the molecule is c1ccc2c(c1)-c1ccccc1N1c3cc4c(cc3-c3ccccc3C21)N1c2ccccc2-c2ccccc2C1c1ccccc1-4. The molecule has 0 aliphatic carbocycles. The summed E-state index contributed by atoms with van der Waals surface area (Å²) in [4.78, 5) is 5.23. The molecule has 4 aliphatic heterocycles. The Morgan fingerprint density at radius 3 is 0.913 bits per heavy atom. The highest BCUT2D eigenvalue weighted by Crippen LogP contribution is 2.62. The van der Waals surface area contributed by atoms with Crippen molar-refractivity contribution in [1.29, 1.82) is 0 Å². The van der Waals surface area contributed by atoms with E-state index in [0.717, 1.165) is 0 Å². The summed E-state index contributed by atoms with van der Waals surface area (Å²) in [5, 5.41) is 0. The molecule has 0 amide bonds. The minimum atomic E-state index is 0.0991. The zero-order valence-corrected chi connectivity index (χ0v) is 25.1. The Hall–Kier alpha value is -5.86. The van der Waals surface area contributed by atoms with Gasteiger partial charge in [-0.1, -0.05) is 133 Å². The Bertz CT molecular complexity index is 2250. The molecule has 11 rings (SSSR count). The van der Waals surface area contributed by atoms with Gasteiger partial charge in [0.25, 0.3) is 0 Å². The van der Waals surface area contributed by atoms with Crippen molar-refractivity contribution in [3.63, 3.8) is 0 Å². The number of fused-ring (bicyclic) bond motifs is 22. The van der Waals surface area contributed by atoms with Crippen molar-refractivity contribution in [2.45, 2.75) is 12.1 Å². The lowest BCUT2D eigenvalue weighted by Crippen LogP contribution is -2.34. The highest BCUT2D eigenvalue weighted by molar-refractivity contribution is 6.04. The molecule has 0 aromatic heterocycles. The molecule has 0 saturated carbocycles. The van der Waals surface area contributed by atoms with Crippen LogP contribution in [0.3, 0.4) is 0 Å². The van der Waals surface area contributed by atoms with Gasteiger partial charge in [-0.3, -0.25) is 0 Å². The second kappa shape index (κ2) is 8.87. The first-order chi connectivity index (χ1) is 22.9. The van der Waals surface area contributed by atoms with E-state index in [1.807, 2.05) is 0 Å². The largest absolute Gasteiger partial charge is 0.329 e. The van der Waals surface area contributed by atoms with Gasteiger partial charge in [0.1, 0.15) is 0 Å². The third kappa shape index (κ3) is 3.01. The highest BCUT2D eigenvalue weighted by Gasteiger charge is 2.43. The van der Waals surface area contributed by atoms with Crippen molar-refractivity contribution in [1.82, 2.24) is 0 Å². The first-order valence-electron chi connectivity index (χ1n) is 16.2. The lowest BCUT2D eigenvalue weighted by molar-refractivity contribution is 0.793. The summed E-state index contributed by atoms with van der Waals surface area (Å²) >= 11 is 0. The second-order valence-electron chi connectivity index (χ2n) is 12.8. The molecule has 7 aromatic rings. The summed E-state index contributed by atoms with van der Waals surface area (Å²) in [7, 11) is 0. The van der Waals surface area contributed by atoms with E-state index in [9.17, 15) is 0 Å². The molecule has 0 N–H and O–H groups in total. The molecule has 0 bridgehead atoms. The standard InChI is InChI=1S/C44H28N2/c1-5-19-33-27(13-1)31-17-9-11-23-39(31)45-41-25-38-30-16-4-8-22-36(30)44-34-20-6-2-14-28(34)32-18-10-12-24-40(32)46(44)42(38)26-37(41)29-15-3-7-21-35(29)43(33)45/h1-26,43-44H. The lowest BCUT2D eigenvalue weighted by Gasteiger charge is -2.48. The lowest BCUT2D eigenvalue weighted by atomic mass is 9.75. The van der Waals surface area contributed by atoms with Gasteiger partial charge in [-0.05, 0) is 68.8 Å². The Morgan fingerprint density at radius 1 is 0.261 bits per heavy atom. The van der Waals surface area contributed by atoms with E-state index in [4.69, 9.17) is 0 Å². The molecule has 2 nitrogen and oxygen atoms in total. The number of anilines is 4. The summed E-state index contributed by atoms with van der Waals surface area (Å²) in [6.45, 7) is 0. The van der Waals surface area contributed by atoms with E-state index in [0.29, 0.717) is 0 Å². The number of para-hydroxylation sites is 2. The molecule has 46 heavy (non-hydrogen) atoms. The van der Waals surface area contributed by atoms with Crippen molar-refractivity contribution in [3.8, 4) is 44.5 Å². The van der Waals surface area contributed by atoms with Crippen LogP contribution >= 0.6 is 0 Å². The average molecular weight is 585 g/mol. The third-order valence-electron chi connectivity index (χ3n) is 10.7. The van der Waals surface area contributed by atoms with Gasteiger partial charge in [0.15, 0.2) is 0 Å². The number of benzene rings is 7. The van der Waals surface area contributed by atoms with E-state index in [-0.39, 0.29) is 12.1 Å². The van der Waals surface area contributed by atoms with Gasteiger partial charge in [-0.2, -0.15) is 0 Å². The van der Waals surface area contributed by atoms with Crippen molar-refractivity contribution >= 4 is 22.7 Å². The Morgan fingerprint density at radius 2 is 0.543 bits per heavy atom. The van der Waals surface area contributed by atoms with Crippen LogP contribution in [0, 0.1) is 0 Å². The fourth-order valence-electron chi connectivity index (χ4n) is 8.86. The second-order valence-corrected chi connectivity index (χ2v) is 12.8. The summed E-state index contributed by atoms with van der Waals surface area (Å²) in [6, 6.07) is 59.2. The van der Waals surface area contributed by atoms with Gasteiger partial charge in [0, 0.05) is 33.6 Å². The van der Waals surface area contributed by atoms with Crippen LogP contribution in [0.2, 0.25) is 0 Å². The monoisotopic (exact) mass is 584 g/mol. The van der Waals surface area contributed by atoms with Crippen LogP contribution in [-0.2, 0) is 0 Å². The number of hydrogen-bond donors (Lipinski definition) is 0. The summed E-state index contributed by atoms with van der Waals surface area (Å²) in [6.07, 6.45) is 0. The van der Waals surface area contributed by atoms with Gasteiger partial charge in [-0.15, -0.1) is 0 Å². The van der Waals surface area contributed by atoms with E-state index >= 15 is 0 Å². The molecule has 0 fully saturated rings. The van der Waals surface area contributed by atoms with Crippen LogP contribution < -0.4 is 9.80 Å². The normalized spacial score (nSPS) is 17.0. The van der Waals surface area contributed by atoms with Crippen LogP contribution in [0.4, 0.5) is 22.7 Å². The fraction of sp³-hybridized carbons (Fsp3) is 0.0455. The maximum Gasteiger partial charge on any atom is 0.0857 e. The van der Waals surface area contributed by atoms with Gasteiger partial charge in [0.05, 0.1) is 23.5 Å². The van der Waals surface area contributed by atoms with Gasteiger partial charge < -0.3 is 9.80 Å². The predicted molar refractivity (Wildman–Crippen MR) is 189 cm³/mol. The number of nitrogens with zero attached hydrogens (tertiary/aromatic N) is 2. The smallest absolute Gasteiger partial charge is 0.0857 e. The molecular formula is C44H28N2. The topological polar surface area (TPSA) is 6.48 Å². The molecule has 7 aromatic carbocycles. The van der Waals surface area contributed by atoms with Gasteiger partial charge in [-0.25, -0.2) is 0 Å². The van der Waals surface area contributed by atoms with E-state index < -0.39 is 0 Å². The van der Waals surface area contributed by atoms with Crippen LogP contribution in [0.15, 0.2) is 158 Å². The molecule has 0 saturated heterocycles. The van der Waals surface area contributed by atoms with Crippen LogP contribution in [0.25, 0.3) is 44.5 Å². The predicted octanol–water partition coefficient (Wildman–Crippen LogP) is 11.5. The summed E-state index contributed by atoms with van der Waals surface area (Å²) in [5.74, 6) is 0. The van der Waals surface area contributed by atoms with Crippen molar-refractivity contribution in [2.24, 2.45) is 0 Å². The molecule has 0 spiro atoms. The summed E-state index contributed by atoms with van der Waals surface area (Å²) < 4.78 is 0. The Kier molecular flexibility index (Phi) is 4.71. The average Bonchev–Trinajstić information content (AvgIpc) is 3.14. The van der Waals surface area contributed by atoms with Crippen LogP contribution in [0.1, 0.15) is 34.3 Å². The first-order valence-corrected chi connectivity index (χ1v) is 16.2. The minimum Gasteiger partial charge on any atom is -0.329 e. The van der Waals surface area contributed by atoms with Crippen LogP contribution in [-0.4, -0.2) is 0 Å². The Balaban J connectivity index is 1.25. The maximum atomic E-state index is 2.61. The first kappa shape index (κ1) is 24.5. The van der Waals surface area contributed by atoms with E-state index in [1.165, 1.54) is 89.5 Å². The molecular weight excluding hydrogens is 556 g/mol. The fourth-order valence-corrected chi connectivity index (χ4v) is 8.86. The molecule has 2 heteroatoms. The van der Waals surface area contributed by atoms with Gasteiger partial charge in [0.2, 0.25) is 0 Å². The Labute approximate surface area is 268 Å². The molecule has 4 aliphatic rings. The molecule has 214 valence electrons. The molecule has 0 radical (unpaired) electrons. The third-order valence-corrected chi connectivity index (χ3v) is 10.7. The summed E-state index contributed by atoms with van der Waals surface area (Å²) in [5.41, 5.74) is 20.9.